The number of carbonyl (C=O) groups excluding carboxylic acids is 1. The number of alkyl halides is 1. The van der Waals surface area contributed by atoms with E-state index in [9.17, 15) is 14.9 Å². The van der Waals surface area contributed by atoms with Crippen LogP contribution in [0.25, 0.3) is 0 Å². The van der Waals surface area contributed by atoms with Gasteiger partial charge in [0.05, 0.1) is 16.2 Å². The number of hydrogen-bond donors (Lipinski definition) is 0. The molecule has 3 unspecified atom stereocenters. The second-order valence-corrected chi connectivity index (χ2v) is 7.60. The topological polar surface area (TPSA) is 81.8 Å². The van der Waals surface area contributed by atoms with Crippen molar-refractivity contribution in [2.24, 2.45) is 21.9 Å². The molecule has 6 nitrogen and oxygen atoms in total. The first kappa shape index (κ1) is 17.1. The van der Waals surface area contributed by atoms with Crippen LogP contribution < -0.4 is 0 Å². The Bertz CT molecular complexity index is 718. The molecule has 0 saturated heterocycles. The summed E-state index contributed by atoms with van der Waals surface area (Å²) in [7, 11) is 0. The van der Waals surface area contributed by atoms with E-state index in [-0.39, 0.29) is 22.1 Å². The number of rotatable bonds is 4. The smallest absolute Gasteiger partial charge is 0.313 e. The molecule has 7 heteroatoms. The lowest BCUT2D eigenvalue weighted by molar-refractivity contribution is -0.384. The summed E-state index contributed by atoms with van der Waals surface area (Å²) in [6, 6.07) is 5.33. The molecule has 3 rings (SSSR count). The second-order valence-electron chi connectivity index (χ2n) is 7.04. The van der Waals surface area contributed by atoms with Gasteiger partial charge in [0.2, 0.25) is 0 Å². The number of hydrogen-bond acceptors (Lipinski definition) is 5. The maximum atomic E-state index is 12.1. The van der Waals surface area contributed by atoms with Crippen LogP contribution in [0.1, 0.15) is 43.5 Å². The average Bonchev–Trinajstić information content (AvgIpc) is 2.95. The molecular formula is C17H19BrN2O4. The molecule has 2 aliphatic carbocycles. The zero-order chi connectivity index (χ0) is 17.5. The van der Waals surface area contributed by atoms with E-state index < -0.39 is 10.9 Å². The summed E-state index contributed by atoms with van der Waals surface area (Å²) < 4.78 is 0. The minimum absolute atomic E-state index is 0.0586. The van der Waals surface area contributed by atoms with Crippen LogP contribution in [0.5, 0.6) is 0 Å². The number of oxime groups is 1. The number of fused-ring (bicyclic) bond motifs is 2. The Labute approximate surface area is 148 Å². The zero-order valence-corrected chi connectivity index (χ0v) is 15.2. The van der Waals surface area contributed by atoms with E-state index in [1.807, 2.05) is 0 Å². The molecule has 2 saturated carbocycles. The van der Waals surface area contributed by atoms with E-state index in [4.69, 9.17) is 4.84 Å². The van der Waals surface area contributed by atoms with Crippen molar-refractivity contribution in [3.8, 4) is 0 Å². The van der Waals surface area contributed by atoms with Crippen LogP contribution in [0.15, 0.2) is 29.4 Å². The normalized spacial score (nSPS) is 33.0. The first-order valence-electron chi connectivity index (χ1n) is 7.91. The van der Waals surface area contributed by atoms with Gasteiger partial charge in [-0.1, -0.05) is 34.9 Å². The van der Waals surface area contributed by atoms with Gasteiger partial charge in [-0.2, -0.15) is 0 Å². The van der Waals surface area contributed by atoms with Crippen LogP contribution in [-0.4, -0.2) is 21.9 Å². The summed E-state index contributed by atoms with van der Waals surface area (Å²) in [6.07, 6.45) is 3.08. The molecule has 2 fully saturated rings. The highest BCUT2D eigenvalue weighted by atomic mass is 79.9. The Balaban J connectivity index is 1.74. The third-order valence-corrected chi connectivity index (χ3v) is 7.23. The summed E-state index contributed by atoms with van der Waals surface area (Å²) in [5, 5.41) is 15.7. The van der Waals surface area contributed by atoms with Crippen molar-refractivity contribution in [1.29, 1.82) is 0 Å². The minimum Gasteiger partial charge on any atom is -0.313 e. The third-order valence-electron chi connectivity index (χ3n) is 6.06. The third kappa shape index (κ3) is 2.46. The Hall–Kier alpha value is -1.76. The van der Waals surface area contributed by atoms with Gasteiger partial charge in [-0.05, 0) is 42.7 Å². The monoisotopic (exact) mass is 394 g/mol. The highest BCUT2D eigenvalue weighted by Crippen LogP contribution is 2.64. The van der Waals surface area contributed by atoms with E-state index in [1.165, 1.54) is 30.7 Å². The van der Waals surface area contributed by atoms with Crippen LogP contribution in [0.2, 0.25) is 0 Å². The molecule has 0 amide bonds. The van der Waals surface area contributed by atoms with Crippen molar-refractivity contribution in [1.82, 2.24) is 0 Å². The van der Waals surface area contributed by atoms with Gasteiger partial charge in [0.1, 0.15) is 0 Å². The van der Waals surface area contributed by atoms with Crippen LogP contribution >= 0.6 is 15.9 Å². The maximum Gasteiger partial charge on any atom is 0.365 e. The molecule has 2 bridgehead atoms. The molecule has 24 heavy (non-hydrogen) atoms. The van der Waals surface area contributed by atoms with Crippen LogP contribution in [-0.2, 0) is 4.84 Å². The van der Waals surface area contributed by atoms with E-state index in [2.05, 4.69) is 34.9 Å². The fraction of sp³-hybridized carbons (Fsp3) is 0.529. The maximum absolute atomic E-state index is 12.1. The second kappa shape index (κ2) is 5.95. The predicted octanol–water partition coefficient (Wildman–Crippen LogP) is 4.33. The van der Waals surface area contributed by atoms with E-state index in [1.54, 1.807) is 0 Å². The highest BCUT2D eigenvalue weighted by Gasteiger charge is 2.62. The lowest BCUT2D eigenvalue weighted by atomic mass is 9.70. The molecule has 1 aromatic rings. The fourth-order valence-corrected chi connectivity index (χ4v) is 5.12. The number of nitrogens with zero attached hydrogens (tertiary/aromatic N) is 2. The quantitative estimate of drug-likeness (QED) is 0.329. The van der Waals surface area contributed by atoms with E-state index >= 15 is 0 Å². The van der Waals surface area contributed by atoms with Crippen LogP contribution in [0, 0.1) is 26.9 Å². The number of nitro benzene ring substituents is 1. The standard InChI is InChI=1S/C17H19BrN2O4/c1-16-8-7-12(17(16,2)10-18)9-14(16)19-24-15(21)11-3-5-13(6-4-11)20(22)23/h3-6,12H,7-10H2,1-2H3/b19-14+. The SMILES string of the molecule is CC12CCC(C/C1=N\OC(=O)c1ccc([N+](=O)[O-])cc1)C2(C)CBr. The average molecular weight is 395 g/mol. The van der Waals surface area contributed by atoms with Gasteiger partial charge in [0, 0.05) is 22.9 Å². The number of nitro groups is 1. The number of carbonyl (C=O) groups is 1. The van der Waals surface area contributed by atoms with Gasteiger partial charge < -0.3 is 4.84 Å². The van der Waals surface area contributed by atoms with Crippen molar-refractivity contribution in [2.75, 3.05) is 5.33 Å². The Kier molecular flexibility index (Phi) is 4.23. The summed E-state index contributed by atoms with van der Waals surface area (Å²) in [5.41, 5.74) is 1.20. The molecule has 0 aliphatic heterocycles. The van der Waals surface area contributed by atoms with Gasteiger partial charge in [-0.25, -0.2) is 4.79 Å². The predicted molar refractivity (Wildman–Crippen MR) is 93.3 cm³/mol. The zero-order valence-electron chi connectivity index (χ0n) is 13.6. The largest absolute Gasteiger partial charge is 0.365 e. The number of halogens is 1. The molecule has 2 aliphatic rings. The molecule has 0 N–H and O–H groups in total. The van der Waals surface area contributed by atoms with Crippen molar-refractivity contribution in [3.63, 3.8) is 0 Å². The summed E-state index contributed by atoms with van der Waals surface area (Å²) in [4.78, 5) is 27.4. The first-order valence-corrected chi connectivity index (χ1v) is 9.03. The van der Waals surface area contributed by atoms with Gasteiger partial charge >= 0.3 is 5.97 Å². The van der Waals surface area contributed by atoms with Gasteiger partial charge in [-0.3, -0.25) is 10.1 Å². The molecule has 128 valence electrons. The van der Waals surface area contributed by atoms with E-state index in [0.717, 1.165) is 23.9 Å². The van der Waals surface area contributed by atoms with Crippen molar-refractivity contribution in [2.45, 2.75) is 33.1 Å². The van der Waals surface area contributed by atoms with Gasteiger partial charge in [-0.15, -0.1) is 0 Å². The van der Waals surface area contributed by atoms with E-state index in [0.29, 0.717) is 5.92 Å². The molecule has 0 heterocycles. The first-order chi connectivity index (χ1) is 11.3. The summed E-state index contributed by atoms with van der Waals surface area (Å²) in [5.74, 6) is -0.0389. The van der Waals surface area contributed by atoms with Gasteiger partial charge in [0.25, 0.3) is 5.69 Å². The Morgan fingerprint density at radius 2 is 2.08 bits per heavy atom. The number of benzene rings is 1. The molecule has 0 aromatic heterocycles. The van der Waals surface area contributed by atoms with Crippen molar-refractivity contribution in [3.05, 3.63) is 39.9 Å². The number of non-ortho nitro benzene ring substituents is 1. The van der Waals surface area contributed by atoms with Crippen molar-refractivity contribution < 1.29 is 14.6 Å². The molecule has 0 spiro atoms. The Morgan fingerprint density at radius 3 is 2.62 bits per heavy atom. The summed E-state index contributed by atoms with van der Waals surface area (Å²) >= 11 is 3.63. The highest BCUT2D eigenvalue weighted by molar-refractivity contribution is 9.09. The molecule has 1 aromatic carbocycles. The van der Waals surface area contributed by atoms with Crippen molar-refractivity contribution >= 4 is 33.3 Å². The summed E-state index contributed by atoms with van der Waals surface area (Å²) in [6.45, 7) is 4.46. The van der Waals surface area contributed by atoms with Crippen LogP contribution in [0.4, 0.5) is 5.69 Å². The lowest BCUT2D eigenvalue weighted by Crippen LogP contribution is -2.36. The molecular weight excluding hydrogens is 376 g/mol. The minimum atomic E-state index is -0.593. The fourth-order valence-electron chi connectivity index (χ4n) is 4.04. The van der Waals surface area contributed by atoms with Crippen LogP contribution in [0.3, 0.4) is 0 Å². The molecule has 0 radical (unpaired) electrons. The molecule has 3 atom stereocenters. The Morgan fingerprint density at radius 1 is 1.42 bits per heavy atom. The lowest BCUT2D eigenvalue weighted by Gasteiger charge is -2.36. The van der Waals surface area contributed by atoms with Gasteiger partial charge in [0.15, 0.2) is 0 Å².